The number of benzene rings is 1. The maximum Gasteiger partial charge on any atom is 0.131 e. The Morgan fingerprint density at radius 1 is 1.39 bits per heavy atom. The number of hydrogen-bond donors (Lipinski definition) is 1. The van der Waals surface area contributed by atoms with Crippen molar-refractivity contribution in [2.24, 2.45) is 0 Å². The molecule has 1 aromatic carbocycles. The van der Waals surface area contributed by atoms with Crippen molar-refractivity contribution in [3.05, 3.63) is 47.2 Å². The van der Waals surface area contributed by atoms with Crippen molar-refractivity contribution in [3.8, 4) is 0 Å². The number of halogens is 2. The van der Waals surface area contributed by atoms with Crippen LogP contribution in [0.3, 0.4) is 0 Å². The first-order chi connectivity index (χ1) is 8.72. The van der Waals surface area contributed by atoms with Gasteiger partial charge in [-0.15, -0.1) is 0 Å². The summed E-state index contributed by atoms with van der Waals surface area (Å²) in [5.74, 6) is -1.08. The lowest BCUT2D eigenvalue weighted by atomic mass is 9.95. The molecule has 0 amide bonds. The molecule has 1 heterocycles. The lowest BCUT2D eigenvalue weighted by molar-refractivity contribution is 0.219. The van der Waals surface area contributed by atoms with Gasteiger partial charge in [0, 0.05) is 11.6 Å². The van der Waals surface area contributed by atoms with Gasteiger partial charge in [-0.1, -0.05) is 13.0 Å². The summed E-state index contributed by atoms with van der Waals surface area (Å²) < 4.78 is 32.1. The lowest BCUT2D eigenvalue weighted by Crippen LogP contribution is -2.25. The first kappa shape index (κ1) is 13.0. The van der Waals surface area contributed by atoms with Crippen LogP contribution in [0.25, 0.3) is 0 Å². The van der Waals surface area contributed by atoms with Gasteiger partial charge in [-0.25, -0.2) is 8.78 Å². The van der Waals surface area contributed by atoms with Crippen molar-refractivity contribution < 1.29 is 13.5 Å². The van der Waals surface area contributed by atoms with Gasteiger partial charge in [-0.3, -0.25) is 0 Å². The number of likely N-dealkylation sites (N-methyl/N-ethyl adjacent to an activating group) is 1. The summed E-state index contributed by atoms with van der Waals surface area (Å²) in [6.07, 6.45) is 3.49. The van der Waals surface area contributed by atoms with Gasteiger partial charge in [0.25, 0.3) is 0 Å². The van der Waals surface area contributed by atoms with E-state index in [2.05, 4.69) is 5.32 Å². The summed E-state index contributed by atoms with van der Waals surface area (Å²) in [4.78, 5) is 0. The minimum absolute atomic E-state index is 0.240. The first-order valence-corrected chi connectivity index (χ1v) is 6.21. The standard InChI is InChI=1S/C14H17F2NO/c1-2-17-14(10-4-3-7-18-9-10)12-6-5-11(15)8-13(12)16/h5-6,8-9,14,17H,2-4,7H2,1H3. The largest absolute Gasteiger partial charge is 0.501 e. The summed E-state index contributed by atoms with van der Waals surface area (Å²) in [6.45, 7) is 3.37. The second kappa shape index (κ2) is 5.96. The molecule has 0 fully saturated rings. The monoisotopic (exact) mass is 253 g/mol. The van der Waals surface area contributed by atoms with Crippen LogP contribution in [-0.4, -0.2) is 13.2 Å². The van der Waals surface area contributed by atoms with E-state index in [-0.39, 0.29) is 6.04 Å². The zero-order chi connectivity index (χ0) is 13.0. The predicted octanol–water partition coefficient (Wildman–Crippen LogP) is 3.31. The summed E-state index contributed by atoms with van der Waals surface area (Å²) in [6, 6.07) is 3.46. The fraction of sp³-hybridized carbons (Fsp3) is 0.429. The molecule has 2 rings (SSSR count). The van der Waals surface area contributed by atoms with E-state index in [9.17, 15) is 8.78 Å². The second-order valence-electron chi connectivity index (χ2n) is 4.32. The Morgan fingerprint density at radius 3 is 2.83 bits per heavy atom. The molecule has 1 aromatic rings. The van der Waals surface area contributed by atoms with Gasteiger partial charge in [-0.2, -0.15) is 0 Å². The second-order valence-corrected chi connectivity index (χ2v) is 4.32. The topological polar surface area (TPSA) is 21.3 Å². The molecule has 0 radical (unpaired) electrons. The normalized spacial score (nSPS) is 16.9. The summed E-state index contributed by atoms with van der Waals surface area (Å²) >= 11 is 0. The molecule has 18 heavy (non-hydrogen) atoms. The molecule has 0 aliphatic carbocycles. The van der Waals surface area contributed by atoms with E-state index in [0.29, 0.717) is 18.7 Å². The number of ether oxygens (including phenoxy) is 1. The zero-order valence-electron chi connectivity index (χ0n) is 10.4. The number of hydrogen-bond acceptors (Lipinski definition) is 2. The Labute approximate surface area is 106 Å². The van der Waals surface area contributed by atoms with Crippen molar-refractivity contribution in [1.29, 1.82) is 0 Å². The van der Waals surface area contributed by atoms with Crippen molar-refractivity contribution in [2.75, 3.05) is 13.2 Å². The molecule has 4 heteroatoms. The average Bonchev–Trinajstić information content (AvgIpc) is 2.38. The zero-order valence-corrected chi connectivity index (χ0v) is 10.4. The molecule has 0 saturated carbocycles. The number of nitrogens with one attached hydrogen (secondary N) is 1. The molecule has 2 nitrogen and oxygen atoms in total. The fourth-order valence-corrected chi connectivity index (χ4v) is 2.18. The van der Waals surface area contributed by atoms with Gasteiger partial charge in [-0.05, 0) is 31.0 Å². The van der Waals surface area contributed by atoms with Crippen LogP contribution in [-0.2, 0) is 4.74 Å². The quantitative estimate of drug-likeness (QED) is 0.888. The van der Waals surface area contributed by atoms with E-state index < -0.39 is 11.6 Å². The molecule has 0 saturated heterocycles. The Hall–Kier alpha value is -1.42. The highest BCUT2D eigenvalue weighted by atomic mass is 19.1. The van der Waals surface area contributed by atoms with Crippen molar-refractivity contribution >= 4 is 0 Å². The molecule has 1 aliphatic heterocycles. The van der Waals surface area contributed by atoms with Crippen LogP contribution in [0, 0.1) is 11.6 Å². The molecular formula is C14H17F2NO. The fourth-order valence-electron chi connectivity index (χ4n) is 2.18. The van der Waals surface area contributed by atoms with Crippen molar-refractivity contribution in [2.45, 2.75) is 25.8 Å². The Bertz CT molecular complexity index is 445. The van der Waals surface area contributed by atoms with Gasteiger partial charge >= 0.3 is 0 Å². The van der Waals surface area contributed by atoms with Crippen LogP contribution < -0.4 is 5.32 Å². The molecule has 1 aliphatic rings. The van der Waals surface area contributed by atoms with Gasteiger partial charge in [0.2, 0.25) is 0 Å². The molecule has 0 bridgehead atoms. The minimum atomic E-state index is -0.555. The predicted molar refractivity (Wildman–Crippen MR) is 66.0 cm³/mol. The van der Waals surface area contributed by atoms with E-state index in [1.807, 2.05) is 6.92 Å². The van der Waals surface area contributed by atoms with Crippen LogP contribution in [0.4, 0.5) is 8.78 Å². The van der Waals surface area contributed by atoms with E-state index in [0.717, 1.165) is 24.5 Å². The molecule has 98 valence electrons. The van der Waals surface area contributed by atoms with E-state index in [1.165, 1.54) is 12.1 Å². The van der Waals surface area contributed by atoms with E-state index >= 15 is 0 Å². The first-order valence-electron chi connectivity index (χ1n) is 6.21. The van der Waals surface area contributed by atoms with Crippen LogP contribution in [0.2, 0.25) is 0 Å². The third kappa shape index (κ3) is 2.88. The summed E-state index contributed by atoms with van der Waals surface area (Å²) in [7, 11) is 0. The Morgan fingerprint density at radius 2 is 2.22 bits per heavy atom. The third-order valence-corrected chi connectivity index (χ3v) is 3.01. The van der Waals surface area contributed by atoms with Gasteiger partial charge < -0.3 is 10.1 Å². The van der Waals surface area contributed by atoms with Gasteiger partial charge in [0.1, 0.15) is 11.6 Å². The van der Waals surface area contributed by atoms with Crippen molar-refractivity contribution in [1.82, 2.24) is 5.32 Å². The van der Waals surface area contributed by atoms with Crippen LogP contribution in [0.5, 0.6) is 0 Å². The summed E-state index contributed by atoms with van der Waals surface area (Å²) in [5, 5.41) is 3.22. The maximum atomic E-state index is 13.8. The van der Waals surface area contributed by atoms with Crippen molar-refractivity contribution in [3.63, 3.8) is 0 Å². The molecule has 0 spiro atoms. The smallest absolute Gasteiger partial charge is 0.131 e. The minimum Gasteiger partial charge on any atom is -0.501 e. The van der Waals surface area contributed by atoms with Gasteiger partial charge in [0.15, 0.2) is 0 Å². The Kier molecular flexibility index (Phi) is 4.31. The number of rotatable bonds is 4. The molecular weight excluding hydrogens is 236 g/mol. The maximum absolute atomic E-state index is 13.8. The highest BCUT2D eigenvalue weighted by Gasteiger charge is 2.21. The SMILES string of the molecule is CCNC(C1=COCCC1)c1ccc(F)cc1F. The summed E-state index contributed by atoms with van der Waals surface area (Å²) in [5.41, 5.74) is 1.48. The van der Waals surface area contributed by atoms with E-state index in [4.69, 9.17) is 4.74 Å². The van der Waals surface area contributed by atoms with Gasteiger partial charge in [0.05, 0.1) is 18.9 Å². The molecule has 1 unspecified atom stereocenters. The van der Waals surface area contributed by atoms with Crippen LogP contribution in [0.15, 0.2) is 30.0 Å². The molecule has 0 aromatic heterocycles. The highest BCUT2D eigenvalue weighted by molar-refractivity contribution is 5.30. The Balaban J connectivity index is 2.31. The average molecular weight is 253 g/mol. The van der Waals surface area contributed by atoms with Crippen LogP contribution >= 0.6 is 0 Å². The molecule has 1 N–H and O–H groups in total. The third-order valence-electron chi connectivity index (χ3n) is 3.01. The van der Waals surface area contributed by atoms with Crippen LogP contribution in [0.1, 0.15) is 31.4 Å². The lowest BCUT2D eigenvalue weighted by Gasteiger charge is -2.24. The highest BCUT2D eigenvalue weighted by Crippen LogP contribution is 2.29. The molecule has 1 atom stereocenters. The van der Waals surface area contributed by atoms with E-state index in [1.54, 1.807) is 6.26 Å².